The molecular weight excluding hydrogens is 420 g/mol. The molecular formula is C31H38O3. The molecule has 0 bridgehead atoms. The predicted molar refractivity (Wildman–Crippen MR) is 135 cm³/mol. The first-order chi connectivity index (χ1) is 16.0. The van der Waals surface area contributed by atoms with Crippen molar-refractivity contribution in [2.24, 2.45) is 22.7 Å². The van der Waals surface area contributed by atoms with Crippen LogP contribution in [-0.4, -0.2) is 23.6 Å². The molecule has 0 amide bonds. The van der Waals surface area contributed by atoms with Crippen molar-refractivity contribution in [2.75, 3.05) is 7.11 Å². The van der Waals surface area contributed by atoms with Crippen LogP contribution >= 0.6 is 0 Å². The van der Waals surface area contributed by atoms with Crippen LogP contribution in [0.2, 0.25) is 0 Å². The van der Waals surface area contributed by atoms with Crippen LogP contribution < -0.4 is 4.74 Å². The molecule has 3 heteroatoms. The zero-order chi connectivity index (χ0) is 24.3. The van der Waals surface area contributed by atoms with Crippen LogP contribution in [0.3, 0.4) is 0 Å². The summed E-state index contributed by atoms with van der Waals surface area (Å²) in [4.78, 5) is 12.2. The van der Waals surface area contributed by atoms with Gasteiger partial charge < -0.3 is 9.84 Å². The molecule has 0 radical (unpaired) electrons. The second kappa shape index (κ2) is 8.13. The molecule has 2 saturated carbocycles. The average molecular weight is 459 g/mol. The Bertz CT molecular complexity index is 1140. The van der Waals surface area contributed by atoms with Crippen molar-refractivity contribution in [3.63, 3.8) is 0 Å². The number of hydrogen-bond donors (Lipinski definition) is 1. The van der Waals surface area contributed by atoms with Crippen molar-refractivity contribution in [1.29, 1.82) is 0 Å². The van der Waals surface area contributed by atoms with Crippen LogP contribution in [0.1, 0.15) is 84.1 Å². The highest BCUT2D eigenvalue weighted by Gasteiger charge is 2.62. The van der Waals surface area contributed by atoms with E-state index < -0.39 is 5.60 Å². The standard InChI is InChI=1S/C31H38O3/c1-29(2,3)15-16-31(33)14-13-27-25-11-9-21-17-22(32)10-12-24(21)28(25)26(19-30(27,31)4)20-7-6-8-23(18-20)34-5/h6-8,17-18,25-27,33H,9-14,19H2,1-5H3/t25-,26+,27-,30-,31+/m0/s1. The van der Waals surface area contributed by atoms with Gasteiger partial charge in [-0.25, -0.2) is 0 Å². The van der Waals surface area contributed by atoms with Gasteiger partial charge in [-0.3, -0.25) is 4.79 Å². The number of benzene rings is 1. The molecule has 0 spiro atoms. The van der Waals surface area contributed by atoms with Gasteiger partial charge in [-0.05, 0) is 106 Å². The quantitative estimate of drug-likeness (QED) is 0.524. The Kier molecular flexibility index (Phi) is 5.60. The third-order valence-corrected chi connectivity index (χ3v) is 9.03. The lowest BCUT2D eigenvalue weighted by atomic mass is 9.51. The minimum Gasteiger partial charge on any atom is -0.497 e. The zero-order valence-electron chi connectivity index (χ0n) is 21.3. The third kappa shape index (κ3) is 3.75. The number of carbonyl (C=O) groups excluding carboxylic acids is 1. The molecule has 4 aliphatic carbocycles. The Hall–Kier alpha value is -2.31. The maximum Gasteiger partial charge on any atom is 0.156 e. The van der Waals surface area contributed by atoms with Gasteiger partial charge in [-0.1, -0.05) is 36.5 Å². The lowest BCUT2D eigenvalue weighted by Crippen LogP contribution is -2.51. The zero-order valence-corrected chi connectivity index (χ0v) is 21.3. The maximum atomic E-state index is 12.2. The highest BCUT2D eigenvalue weighted by Crippen LogP contribution is 2.66. The molecule has 2 fully saturated rings. The molecule has 5 rings (SSSR count). The summed E-state index contributed by atoms with van der Waals surface area (Å²) in [5, 5.41) is 12.1. The molecule has 3 nitrogen and oxygen atoms in total. The Labute approximate surface area is 204 Å². The fraction of sp³-hybridized carbons (Fsp3) is 0.581. The third-order valence-electron chi connectivity index (χ3n) is 9.03. The fourth-order valence-electron chi connectivity index (χ4n) is 7.32. The second-order valence-electron chi connectivity index (χ2n) is 12.2. The Morgan fingerprint density at radius 3 is 2.68 bits per heavy atom. The summed E-state index contributed by atoms with van der Waals surface area (Å²) < 4.78 is 5.59. The smallest absolute Gasteiger partial charge is 0.156 e. The summed E-state index contributed by atoms with van der Waals surface area (Å²) in [5.41, 5.74) is 4.09. The van der Waals surface area contributed by atoms with E-state index in [-0.39, 0.29) is 22.5 Å². The van der Waals surface area contributed by atoms with Crippen LogP contribution in [-0.2, 0) is 4.79 Å². The van der Waals surface area contributed by atoms with Crippen LogP contribution in [0.4, 0.5) is 0 Å². The lowest BCUT2D eigenvalue weighted by molar-refractivity contribution is -0.114. The molecule has 180 valence electrons. The van der Waals surface area contributed by atoms with Gasteiger partial charge in [0.25, 0.3) is 0 Å². The summed E-state index contributed by atoms with van der Waals surface area (Å²) >= 11 is 0. The SMILES string of the molecule is COc1cccc([C@H]2C[C@@]3(C)[C@@H](CC[C@@]3(O)C#CC(C)(C)C)[C@@H]3CCC4=CC(=O)CCC4=C32)c1. The van der Waals surface area contributed by atoms with Crippen molar-refractivity contribution in [3.05, 3.63) is 52.6 Å². The van der Waals surface area contributed by atoms with Gasteiger partial charge in [0, 0.05) is 23.2 Å². The highest BCUT2D eigenvalue weighted by atomic mass is 16.5. The molecule has 1 N–H and O–H groups in total. The van der Waals surface area contributed by atoms with E-state index in [1.165, 1.54) is 22.3 Å². The van der Waals surface area contributed by atoms with Gasteiger partial charge in [0.05, 0.1) is 7.11 Å². The number of hydrogen-bond acceptors (Lipinski definition) is 3. The molecule has 5 atom stereocenters. The van der Waals surface area contributed by atoms with Crippen LogP contribution in [0, 0.1) is 34.5 Å². The predicted octanol–water partition coefficient (Wildman–Crippen LogP) is 6.38. The lowest BCUT2D eigenvalue weighted by Gasteiger charge is -2.53. The maximum absolute atomic E-state index is 12.2. The van der Waals surface area contributed by atoms with Crippen LogP contribution in [0.5, 0.6) is 5.75 Å². The van der Waals surface area contributed by atoms with Crippen LogP contribution in [0.15, 0.2) is 47.1 Å². The molecule has 0 aromatic heterocycles. The van der Waals surface area contributed by atoms with Crippen molar-refractivity contribution in [1.82, 2.24) is 0 Å². The largest absolute Gasteiger partial charge is 0.497 e. The van der Waals surface area contributed by atoms with E-state index in [9.17, 15) is 9.90 Å². The van der Waals surface area contributed by atoms with E-state index in [0.29, 0.717) is 18.3 Å². The molecule has 34 heavy (non-hydrogen) atoms. The molecule has 1 aromatic rings. The summed E-state index contributed by atoms with van der Waals surface area (Å²) in [7, 11) is 1.72. The monoisotopic (exact) mass is 458 g/mol. The van der Waals surface area contributed by atoms with Gasteiger partial charge in [0.2, 0.25) is 0 Å². The molecule has 4 aliphatic rings. The van der Waals surface area contributed by atoms with E-state index in [4.69, 9.17) is 4.74 Å². The van der Waals surface area contributed by atoms with Gasteiger partial charge in [-0.15, -0.1) is 0 Å². The first-order valence-corrected chi connectivity index (χ1v) is 12.9. The summed E-state index contributed by atoms with van der Waals surface area (Å²) in [6.07, 6.45) is 8.03. The number of carbonyl (C=O) groups is 1. The molecule has 0 unspecified atom stereocenters. The molecule has 0 saturated heterocycles. The Morgan fingerprint density at radius 1 is 1.15 bits per heavy atom. The van der Waals surface area contributed by atoms with E-state index >= 15 is 0 Å². The van der Waals surface area contributed by atoms with Gasteiger partial charge >= 0.3 is 0 Å². The van der Waals surface area contributed by atoms with E-state index in [1.54, 1.807) is 7.11 Å². The minimum absolute atomic E-state index is 0.142. The van der Waals surface area contributed by atoms with Crippen molar-refractivity contribution < 1.29 is 14.6 Å². The number of rotatable bonds is 2. The Balaban J connectivity index is 1.67. The average Bonchev–Trinajstić information content (AvgIpc) is 3.07. The van der Waals surface area contributed by atoms with Gasteiger partial charge in [0.1, 0.15) is 11.4 Å². The number of ketones is 1. The van der Waals surface area contributed by atoms with Crippen molar-refractivity contribution >= 4 is 5.78 Å². The van der Waals surface area contributed by atoms with E-state index in [0.717, 1.165) is 44.3 Å². The van der Waals surface area contributed by atoms with Gasteiger partial charge in [-0.2, -0.15) is 0 Å². The second-order valence-corrected chi connectivity index (χ2v) is 12.2. The minimum atomic E-state index is -0.975. The summed E-state index contributed by atoms with van der Waals surface area (Å²) in [6, 6.07) is 8.45. The Morgan fingerprint density at radius 2 is 1.94 bits per heavy atom. The first kappa shape index (κ1) is 23.4. The normalized spacial score (nSPS) is 34.9. The number of methoxy groups -OCH3 is 1. The van der Waals surface area contributed by atoms with Crippen LogP contribution in [0.25, 0.3) is 0 Å². The number of allylic oxidation sites excluding steroid dienone is 4. The fourth-order valence-corrected chi connectivity index (χ4v) is 7.32. The molecule has 0 aliphatic heterocycles. The summed E-state index contributed by atoms with van der Waals surface area (Å²) in [5.74, 6) is 8.96. The number of fused-ring (bicyclic) bond motifs is 4. The van der Waals surface area contributed by atoms with E-state index in [2.05, 4.69) is 57.7 Å². The first-order valence-electron chi connectivity index (χ1n) is 12.9. The number of aliphatic hydroxyl groups is 1. The molecule has 0 heterocycles. The highest BCUT2D eigenvalue weighted by molar-refractivity contribution is 5.93. The van der Waals surface area contributed by atoms with Crippen molar-refractivity contribution in [2.45, 2.75) is 84.2 Å². The topological polar surface area (TPSA) is 46.5 Å². The summed E-state index contributed by atoms with van der Waals surface area (Å²) in [6.45, 7) is 8.63. The van der Waals surface area contributed by atoms with E-state index in [1.807, 2.05) is 12.1 Å². The van der Waals surface area contributed by atoms with Crippen molar-refractivity contribution in [3.8, 4) is 17.6 Å². The van der Waals surface area contributed by atoms with Gasteiger partial charge in [0.15, 0.2) is 5.78 Å². The molecule has 1 aromatic carbocycles. The number of ether oxygens (including phenoxy) is 1.